The van der Waals surface area contributed by atoms with Crippen LogP contribution in [0.2, 0.25) is 0 Å². The van der Waals surface area contributed by atoms with Crippen molar-refractivity contribution < 1.29 is 24.0 Å². The van der Waals surface area contributed by atoms with Gasteiger partial charge in [-0.25, -0.2) is 4.39 Å². The third-order valence-electron chi connectivity index (χ3n) is 4.18. The summed E-state index contributed by atoms with van der Waals surface area (Å²) in [5.41, 5.74) is 0.921. The number of para-hydroxylation sites is 1. The van der Waals surface area contributed by atoms with Crippen LogP contribution in [-0.4, -0.2) is 41.5 Å². The number of rotatable bonds is 9. The molecule has 2 amide bonds. The van der Waals surface area contributed by atoms with Crippen molar-refractivity contribution in [1.29, 1.82) is 0 Å². The number of aryl methyl sites for hydroxylation is 1. The van der Waals surface area contributed by atoms with E-state index in [9.17, 15) is 24.0 Å². The molecule has 28 heavy (non-hydrogen) atoms. The van der Waals surface area contributed by atoms with E-state index in [1.165, 1.54) is 18.2 Å². The zero-order valence-corrected chi connectivity index (χ0v) is 15.3. The topological polar surface area (TPSA) is 89.9 Å². The van der Waals surface area contributed by atoms with E-state index in [-0.39, 0.29) is 12.1 Å². The summed E-state index contributed by atoms with van der Waals surface area (Å²) in [5, 5.41) is 21.6. The molecule has 0 bridgehead atoms. The molecule has 8 heteroatoms. The van der Waals surface area contributed by atoms with Crippen LogP contribution >= 0.6 is 0 Å². The monoisotopic (exact) mass is 384 g/mol. The van der Waals surface area contributed by atoms with Crippen molar-refractivity contribution in [2.24, 2.45) is 0 Å². The van der Waals surface area contributed by atoms with Crippen LogP contribution in [0.15, 0.2) is 67.3 Å². The molecule has 6 nitrogen and oxygen atoms in total. The number of halogens is 1. The van der Waals surface area contributed by atoms with Gasteiger partial charge in [0.15, 0.2) is 0 Å². The summed E-state index contributed by atoms with van der Waals surface area (Å²) in [4.78, 5) is 25.4. The van der Waals surface area contributed by atoms with Crippen LogP contribution in [0.25, 0.3) is 0 Å². The highest BCUT2D eigenvalue weighted by atomic mass is 19.1. The van der Waals surface area contributed by atoms with E-state index in [1.54, 1.807) is 6.07 Å². The Morgan fingerprint density at radius 1 is 1.14 bits per heavy atom. The van der Waals surface area contributed by atoms with Gasteiger partial charge in [-0.1, -0.05) is 49.0 Å². The number of amides is 2. The minimum absolute atomic E-state index is 0.0621. The van der Waals surface area contributed by atoms with Crippen molar-refractivity contribution >= 4 is 24.6 Å². The predicted molar refractivity (Wildman–Crippen MR) is 106 cm³/mol. The van der Waals surface area contributed by atoms with Crippen molar-refractivity contribution in [1.82, 2.24) is 5.32 Å². The van der Waals surface area contributed by atoms with Gasteiger partial charge in [-0.05, 0) is 36.6 Å². The number of nitrogens with zero attached hydrogens (tertiary/aromatic N) is 1. The number of anilines is 1. The minimum atomic E-state index is -1.77. The first-order valence-corrected chi connectivity index (χ1v) is 8.80. The molecule has 2 rings (SSSR count). The molecular weight excluding hydrogens is 362 g/mol. The van der Waals surface area contributed by atoms with Crippen molar-refractivity contribution in [3.8, 4) is 0 Å². The van der Waals surface area contributed by atoms with E-state index in [2.05, 4.69) is 11.9 Å². The van der Waals surface area contributed by atoms with Crippen LogP contribution in [0.1, 0.15) is 12.0 Å². The van der Waals surface area contributed by atoms with Gasteiger partial charge in [0.1, 0.15) is 12.4 Å². The zero-order valence-electron chi connectivity index (χ0n) is 15.3. The molecule has 0 aliphatic heterocycles. The Hall–Kier alpha value is -2.97. The van der Waals surface area contributed by atoms with Gasteiger partial charge >= 0.3 is 7.12 Å². The molecule has 0 aromatic heterocycles. The third kappa shape index (κ3) is 6.04. The van der Waals surface area contributed by atoms with Gasteiger partial charge in [-0.3, -0.25) is 14.5 Å². The highest BCUT2D eigenvalue weighted by Gasteiger charge is 2.27. The molecule has 0 radical (unpaired) electrons. The second-order valence-corrected chi connectivity index (χ2v) is 6.19. The van der Waals surface area contributed by atoms with Gasteiger partial charge in [0.2, 0.25) is 5.91 Å². The van der Waals surface area contributed by atoms with E-state index in [4.69, 9.17) is 0 Å². The Kier molecular flexibility index (Phi) is 7.92. The fourth-order valence-electron chi connectivity index (χ4n) is 2.72. The Balaban J connectivity index is 2.05. The second kappa shape index (κ2) is 10.4. The first-order chi connectivity index (χ1) is 13.4. The molecule has 0 aliphatic rings. The van der Waals surface area contributed by atoms with Crippen LogP contribution < -0.4 is 10.2 Å². The highest BCUT2D eigenvalue weighted by molar-refractivity contribution is 6.43. The summed E-state index contributed by atoms with van der Waals surface area (Å²) < 4.78 is 14.0. The van der Waals surface area contributed by atoms with Gasteiger partial charge in [-0.2, -0.15) is 0 Å². The maximum atomic E-state index is 14.0. The molecule has 1 atom stereocenters. The summed E-state index contributed by atoms with van der Waals surface area (Å²) in [6.07, 6.45) is 1.78. The number of nitrogens with one attached hydrogen (secondary N) is 1. The molecule has 0 fully saturated rings. The molecular formula is C20H22BFN2O4. The summed E-state index contributed by atoms with van der Waals surface area (Å²) in [7, 11) is -1.77. The van der Waals surface area contributed by atoms with Gasteiger partial charge in [-0.15, -0.1) is 0 Å². The predicted octanol–water partition coefficient (Wildman–Crippen LogP) is 1.47. The first kappa shape index (κ1) is 21.3. The largest absolute Gasteiger partial charge is 0.475 e. The Labute approximate surface area is 163 Å². The van der Waals surface area contributed by atoms with E-state index in [1.807, 2.05) is 30.3 Å². The van der Waals surface area contributed by atoms with E-state index >= 15 is 0 Å². The van der Waals surface area contributed by atoms with Gasteiger partial charge in [0, 0.05) is 0 Å². The minimum Gasteiger partial charge on any atom is -0.426 e. The SMILES string of the molecule is C=CC(=O)N(CC(=O)N[C@@H](CCc1ccccc1)B(O)O)c1ccccc1F. The second-order valence-electron chi connectivity index (χ2n) is 6.19. The summed E-state index contributed by atoms with van der Waals surface area (Å²) in [5.74, 6) is -2.89. The van der Waals surface area contributed by atoms with E-state index in [0.29, 0.717) is 6.42 Å². The average Bonchev–Trinajstić information content (AvgIpc) is 2.70. The number of carbonyl (C=O) groups excluding carboxylic acids is 2. The lowest BCUT2D eigenvalue weighted by Gasteiger charge is -2.23. The Morgan fingerprint density at radius 3 is 2.39 bits per heavy atom. The van der Waals surface area contributed by atoms with Crippen molar-refractivity contribution in [2.45, 2.75) is 18.8 Å². The molecule has 0 aliphatic carbocycles. The van der Waals surface area contributed by atoms with Crippen molar-refractivity contribution in [3.63, 3.8) is 0 Å². The normalized spacial score (nSPS) is 11.4. The molecule has 2 aromatic rings. The molecule has 0 heterocycles. The van der Waals surface area contributed by atoms with Crippen LogP contribution in [-0.2, 0) is 16.0 Å². The van der Waals surface area contributed by atoms with Crippen LogP contribution in [0, 0.1) is 5.82 Å². The Bertz CT molecular complexity index is 817. The lowest BCUT2D eigenvalue weighted by Crippen LogP contribution is -2.50. The smallest absolute Gasteiger partial charge is 0.426 e. The molecule has 0 unspecified atom stereocenters. The molecule has 146 valence electrons. The molecule has 0 spiro atoms. The van der Waals surface area contributed by atoms with Gasteiger partial charge < -0.3 is 15.4 Å². The Morgan fingerprint density at radius 2 is 1.79 bits per heavy atom. The van der Waals surface area contributed by atoms with E-state index in [0.717, 1.165) is 16.5 Å². The van der Waals surface area contributed by atoms with Crippen LogP contribution in [0.3, 0.4) is 0 Å². The standard InChI is InChI=1S/C20H22BFN2O4/c1-2-20(26)24(17-11-7-6-10-16(17)22)14-19(25)23-18(21(27)28)13-12-15-8-4-3-5-9-15/h2-11,18,27-28H,1,12-14H2,(H,23,25)/t18-/m0/s1. The van der Waals surface area contributed by atoms with Crippen molar-refractivity contribution in [2.75, 3.05) is 11.4 Å². The lowest BCUT2D eigenvalue weighted by molar-refractivity contribution is -0.122. The van der Waals surface area contributed by atoms with Gasteiger partial charge in [0.05, 0.1) is 11.6 Å². The fraction of sp³-hybridized carbons (Fsp3) is 0.200. The summed E-state index contributed by atoms with van der Waals surface area (Å²) in [6.45, 7) is 2.89. The van der Waals surface area contributed by atoms with Gasteiger partial charge in [0.25, 0.3) is 5.91 Å². The maximum absolute atomic E-state index is 14.0. The maximum Gasteiger partial charge on any atom is 0.475 e. The summed E-state index contributed by atoms with van der Waals surface area (Å²) in [6, 6.07) is 15.0. The average molecular weight is 384 g/mol. The van der Waals surface area contributed by atoms with Crippen LogP contribution in [0.4, 0.5) is 10.1 Å². The molecule has 3 N–H and O–H groups in total. The van der Waals surface area contributed by atoms with E-state index < -0.39 is 37.2 Å². The number of carbonyl (C=O) groups is 2. The number of hydrogen-bond acceptors (Lipinski definition) is 4. The van der Waals surface area contributed by atoms with Crippen molar-refractivity contribution in [3.05, 3.63) is 78.6 Å². The summed E-state index contributed by atoms with van der Waals surface area (Å²) >= 11 is 0. The quantitative estimate of drug-likeness (QED) is 0.451. The lowest BCUT2D eigenvalue weighted by atomic mass is 9.76. The highest BCUT2D eigenvalue weighted by Crippen LogP contribution is 2.19. The first-order valence-electron chi connectivity index (χ1n) is 8.80. The fourth-order valence-corrected chi connectivity index (χ4v) is 2.72. The third-order valence-corrected chi connectivity index (χ3v) is 4.18. The molecule has 0 saturated heterocycles. The molecule has 0 saturated carbocycles. The number of benzene rings is 2. The number of hydrogen-bond donors (Lipinski definition) is 3. The van der Waals surface area contributed by atoms with Crippen LogP contribution in [0.5, 0.6) is 0 Å². The zero-order chi connectivity index (χ0) is 20.5. The molecule has 2 aromatic carbocycles.